The molecular weight excluding hydrogens is 527 g/mol. The maximum absolute atomic E-state index is 12.7. The Bertz CT molecular complexity index is 1100. The standard InChI is InChI=1S/C35H56N2O3P/c1-23-22-35(15-12-27-28-10-9-25-20-26(38)11-14-34(25,3)30(28)21-29(23)27)24(2)33-31(40-35)8-7-16-37(33)18-17-36(4)32(39)13-19-41(5)6/h24-25,27-28,30-31,33H,5,7-22H2,1-4,6H3/q+1. The lowest BCUT2D eigenvalue weighted by Gasteiger charge is -2.52. The van der Waals surface area contributed by atoms with E-state index in [4.69, 9.17) is 4.74 Å². The molecule has 10 unspecified atom stereocenters. The molecule has 0 aromatic rings. The summed E-state index contributed by atoms with van der Waals surface area (Å²) in [7, 11) is 1.71. The number of hydrogen-bond donors (Lipinski definition) is 0. The lowest BCUT2D eigenvalue weighted by molar-refractivity contribution is -0.130. The van der Waals surface area contributed by atoms with Gasteiger partial charge in [-0.3, -0.25) is 14.5 Å². The molecule has 2 heterocycles. The zero-order valence-electron chi connectivity index (χ0n) is 26.6. The summed E-state index contributed by atoms with van der Waals surface area (Å²) in [5.74, 6) is 4.22. The van der Waals surface area contributed by atoms with Gasteiger partial charge in [0.15, 0.2) is 0 Å². The summed E-state index contributed by atoms with van der Waals surface area (Å²) in [5.41, 5.74) is 3.75. The number of fused-ring (bicyclic) bond motifs is 6. The van der Waals surface area contributed by atoms with Crippen LogP contribution < -0.4 is 0 Å². The molecule has 2 aliphatic heterocycles. The Morgan fingerprint density at radius 1 is 1.20 bits per heavy atom. The van der Waals surface area contributed by atoms with Crippen molar-refractivity contribution in [2.75, 3.05) is 39.5 Å². The second kappa shape index (κ2) is 11.5. The van der Waals surface area contributed by atoms with Gasteiger partial charge in [0.05, 0.1) is 38.6 Å². The minimum Gasteiger partial charge on any atom is -0.369 e. The first-order valence-electron chi connectivity index (χ1n) is 16.9. The van der Waals surface area contributed by atoms with Gasteiger partial charge in [-0.25, -0.2) is 0 Å². The number of amides is 1. The third-order valence-electron chi connectivity index (χ3n) is 13.3. The Hall–Kier alpha value is -1.03. The molecule has 6 rings (SSSR count). The number of piperidine rings is 1. The molecular formula is C35H56N2O3P+. The normalized spacial score (nSPS) is 42.8. The number of ketones is 1. The van der Waals surface area contributed by atoms with E-state index in [0.717, 1.165) is 69.2 Å². The molecule has 4 aliphatic carbocycles. The van der Waals surface area contributed by atoms with Gasteiger partial charge in [-0.1, -0.05) is 25.0 Å². The minimum atomic E-state index is -0.266. The molecule has 0 N–H and O–H groups in total. The monoisotopic (exact) mass is 583 g/mol. The van der Waals surface area contributed by atoms with Crippen molar-refractivity contribution < 1.29 is 14.3 Å². The number of Topliss-reactive ketones (excluding diaryl/α,β-unsaturated/α-hetero) is 1. The van der Waals surface area contributed by atoms with Gasteiger partial charge >= 0.3 is 0 Å². The van der Waals surface area contributed by atoms with Crippen LogP contribution in [-0.2, 0) is 14.3 Å². The third-order valence-corrected chi connectivity index (χ3v) is 14.3. The van der Waals surface area contributed by atoms with Crippen molar-refractivity contribution in [1.29, 1.82) is 0 Å². The highest BCUT2D eigenvalue weighted by Crippen LogP contribution is 2.65. The van der Waals surface area contributed by atoms with E-state index in [9.17, 15) is 9.59 Å². The first-order chi connectivity index (χ1) is 19.5. The molecule has 228 valence electrons. The van der Waals surface area contributed by atoms with Crippen LogP contribution in [0.15, 0.2) is 11.1 Å². The molecule has 1 amide bonds. The summed E-state index contributed by atoms with van der Waals surface area (Å²) < 4.78 is 7.23. The molecule has 0 radical (unpaired) electrons. The molecule has 10 atom stereocenters. The number of nitrogens with zero attached hydrogens (tertiary/aromatic N) is 2. The van der Waals surface area contributed by atoms with Crippen LogP contribution in [-0.4, -0.2) is 85.0 Å². The van der Waals surface area contributed by atoms with Crippen LogP contribution in [0.5, 0.6) is 0 Å². The van der Waals surface area contributed by atoms with Gasteiger partial charge in [0.2, 0.25) is 5.91 Å². The number of carbonyl (C=O) groups excluding carboxylic acids is 2. The number of carbonyl (C=O) groups is 2. The Morgan fingerprint density at radius 3 is 2.78 bits per heavy atom. The van der Waals surface area contributed by atoms with Crippen LogP contribution in [0.1, 0.15) is 97.8 Å². The Labute approximate surface area is 250 Å². The second-order valence-corrected chi connectivity index (χ2v) is 17.6. The van der Waals surface area contributed by atoms with Crippen molar-refractivity contribution in [3.63, 3.8) is 0 Å². The minimum absolute atomic E-state index is 0.0403. The van der Waals surface area contributed by atoms with Crippen molar-refractivity contribution in [1.82, 2.24) is 9.80 Å². The zero-order chi connectivity index (χ0) is 29.1. The van der Waals surface area contributed by atoms with Crippen LogP contribution >= 0.6 is 7.55 Å². The van der Waals surface area contributed by atoms with Gasteiger partial charge in [-0.2, -0.15) is 0 Å². The average molecular weight is 584 g/mol. The summed E-state index contributed by atoms with van der Waals surface area (Å²) >= 11 is 0. The maximum atomic E-state index is 12.7. The highest BCUT2D eigenvalue weighted by molar-refractivity contribution is 7.54. The lowest BCUT2D eigenvalue weighted by atomic mass is 9.52. The van der Waals surface area contributed by atoms with Gasteiger partial charge in [0.25, 0.3) is 0 Å². The Morgan fingerprint density at radius 2 is 2.00 bits per heavy atom. The number of rotatable bonds is 6. The third kappa shape index (κ3) is 5.33. The predicted molar refractivity (Wildman–Crippen MR) is 170 cm³/mol. The lowest BCUT2D eigenvalue weighted by Crippen LogP contribution is -2.51. The van der Waals surface area contributed by atoms with E-state index in [1.54, 1.807) is 11.1 Å². The van der Waals surface area contributed by atoms with E-state index < -0.39 is 0 Å². The van der Waals surface area contributed by atoms with E-state index in [0.29, 0.717) is 41.6 Å². The van der Waals surface area contributed by atoms with Crippen molar-refractivity contribution >= 4 is 25.5 Å². The van der Waals surface area contributed by atoms with Crippen molar-refractivity contribution in [2.45, 2.75) is 116 Å². The predicted octanol–water partition coefficient (Wildman–Crippen LogP) is 6.54. The summed E-state index contributed by atoms with van der Waals surface area (Å²) in [6.45, 7) is 12.5. The molecule has 41 heavy (non-hydrogen) atoms. The summed E-state index contributed by atoms with van der Waals surface area (Å²) in [6, 6.07) is 0.466. The fourth-order valence-corrected chi connectivity index (χ4v) is 11.4. The maximum Gasteiger partial charge on any atom is 0.226 e. The van der Waals surface area contributed by atoms with Crippen LogP contribution in [0.25, 0.3) is 0 Å². The first kappa shape index (κ1) is 30.0. The molecule has 1 spiro atoms. The molecule has 5 nitrogen and oxygen atoms in total. The zero-order valence-corrected chi connectivity index (χ0v) is 27.5. The SMILES string of the molecule is C=[P+](C)CCC(=O)N(C)CCN1CCCC2OC3(CCC4C(=C(C)C3)CC3C4CCC4CC(=O)CCC43C)C(C)C21. The topological polar surface area (TPSA) is 49.9 Å². The van der Waals surface area contributed by atoms with Crippen molar-refractivity contribution in [2.24, 2.45) is 35.0 Å². The van der Waals surface area contributed by atoms with Gasteiger partial charge in [0.1, 0.15) is 11.9 Å². The van der Waals surface area contributed by atoms with E-state index in [1.807, 2.05) is 11.9 Å². The van der Waals surface area contributed by atoms with Gasteiger partial charge in [0, 0.05) is 44.9 Å². The molecule has 0 bridgehead atoms. The largest absolute Gasteiger partial charge is 0.369 e. The summed E-state index contributed by atoms with van der Waals surface area (Å²) in [4.78, 5) is 29.6. The molecule has 2 saturated heterocycles. The van der Waals surface area contributed by atoms with Crippen LogP contribution in [0.3, 0.4) is 0 Å². The number of likely N-dealkylation sites (N-methyl/N-ethyl adjacent to an activating group) is 1. The molecule has 3 saturated carbocycles. The highest BCUT2D eigenvalue weighted by Gasteiger charge is 2.59. The molecule has 6 aliphatic rings. The van der Waals surface area contributed by atoms with E-state index in [1.165, 1.54) is 44.9 Å². The fourth-order valence-electron chi connectivity index (χ4n) is 10.8. The van der Waals surface area contributed by atoms with Gasteiger partial charge in [-0.15, -0.1) is 0 Å². The van der Waals surface area contributed by atoms with Gasteiger partial charge in [-0.05, 0) is 100 Å². The summed E-state index contributed by atoms with van der Waals surface area (Å²) in [6.07, 6.45) is 18.6. The fraction of sp³-hybridized carbons (Fsp3) is 0.857. The number of likely N-dealkylation sites (tertiary alicyclic amines) is 1. The molecule has 6 heteroatoms. The van der Waals surface area contributed by atoms with Crippen LogP contribution in [0, 0.1) is 35.0 Å². The number of hydrogen-bond acceptors (Lipinski definition) is 4. The number of allylic oxidation sites excluding steroid dienone is 1. The van der Waals surface area contributed by atoms with Crippen molar-refractivity contribution in [3.8, 4) is 0 Å². The average Bonchev–Trinajstić information content (AvgIpc) is 3.41. The molecule has 0 aromatic carbocycles. The summed E-state index contributed by atoms with van der Waals surface area (Å²) in [5, 5.41) is 0. The smallest absolute Gasteiger partial charge is 0.226 e. The molecule has 5 fully saturated rings. The van der Waals surface area contributed by atoms with Crippen LogP contribution in [0.4, 0.5) is 0 Å². The van der Waals surface area contributed by atoms with E-state index in [2.05, 4.69) is 38.6 Å². The van der Waals surface area contributed by atoms with E-state index in [-0.39, 0.29) is 19.1 Å². The number of ether oxygens (including phenoxy) is 1. The Balaban J connectivity index is 1.15. The second-order valence-electron chi connectivity index (χ2n) is 15.4. The highest BCUT2D eigenvalue weighted by atomic mass is 31.1. The molecule has 0 aromatic heterocycles. The Kier molecular flexibility index (Phi) is 8.40. The quantitative estimate of drug-likeness (QED) is 0.263. The van der Waals surface area contributed by atoms with Gasteiger partial charge < -0.3 is 9.64 Å². The first-order valence-corrected chi connectivity index (χ1v) is 19.1. The van der Waals surface area contributed by atoms with Crippen LogP contribution in [0.2, 0.25) is 0 Å². The van der Waals surface area contributed by atoms with E-state index >= 15 is 0 Å². The van der Waals surface area contributed by atoms with Crippen molar-refractivity contribution in [3.05, 3.63) is 11.1 Å².